The molecule has 4 N–H and O–H groups in total. The largest absolute Gasteiger partial charge is 0.480 e. The van der Waals surface area contributed by atoms with Gasteiger partial charge in [-0.3, -0.25) is 9.59 Å². The highest BCUT2D eigenvalue weighted by molar-refractivity contribution is 5.89. The number of amides is 2. The number of ether oxygens (including phenoxy) is 1. The van der Waals surface area contributed by atoms with E-state index >= 15 is 0 Å². The Labute approximate surface area is 149 Å². The summed E-state index contributed by atoms with van der Waals surface area (Å²) in [5, 5.41) is 13.7. The molecule has 2 rings (SSSR count). The standard InChI is InChI=1S/C17H20N4O5/c1-11(16(23)24)20-15(22)14(7-13-8-18-10-19-13)21-17(25)26-9-12-5-3-2-4-6-12/h2-6,8,10-11,14H,7,9H2,1H3,(H,18,19)(H,20,22)(H,21,25)(H,23,24). The van der Waals surface area contributed by atoms with E-state index in [4.69, 9.17) is 9.84 Å². The minimum absolute atomic E-state index is 0.0522. The molecule has 2 unspecified atom stereocenters. The lowest BCUT2D eigenvalue weighted by molar-refractivity contribution is -0.141. The molecule has 0 bridgehead atoms. The van der Waals surface area contributed by atoms with Crippen molar-refractivity contribution in [1.82, 2.24) is 20.6 Å². The van der Waals surface area contributed by atoms with Crippen molar-refractivity contribution in [2.45, 2.75) is 32.0 Å². The topological polar surface area (TPSA) is 133 Å². The number of carboxylic acids is 1. The van der Waals surface area contributed by atoms with Crippen LogP contribution >= 0.6 is 0 Å². The van der Waals surface area contributed by atoms with Crippen molar-refractivity contribution in [2.24, 2.45) is 0 Å². The molecule has 0 aliphatic carbocycles. The smallest absolute Gasteiger partial charge is 0.408 e. The number of imidazole rings is 1. The molecule has 2 amide bonds. The highest BCUT2D eigenvalue weighted by Gasteiger charge is 2.25. The Morgan fingerprint density at radius 3 is 2.58 bits per heavy atom. The molecule has 2 atom stereocenters. The third kappa shape index (κ3) is 5.93. The van der Waals surface area contributed by atoms with Gasteiger partial charge < -0.3 is 25.5 Å². The van der Waals surface area contributed by atoms with E-state index < -0.39 is 30.1 Å². The predicted octanol–water partition coefficient (Wildman–Crippen LogP) is 0.836. The van der Waals surface area contributed by atoms with Crippen molar-refractivity contribution in [3.63, 3.8) is 0 Å². The quantitative estimate of drug-likeness (QED) is 0.551. The van der Waals surface area contributed by atoms with Crippen molar-refractivity contribution >= 4 is 18.0 Å². The maximum absolute atomic E-state index is 12.3. The average Bonchev–Trinajstić information content (AvgIpc) is 3.13. The third-order valence-electron chi connectivity index (χ3n) is 3.53. The summed E-state index contributed by atoms with van der Waals surface area (Å²) in [7, 11) is 0. The summed E-state index contributed by atoms with van der Waals surface area (Å²) in [4.78, 5) is 41.9. The minimum atomic E-state index is -1.18. The molecule has 26 heavy (non-hydrogen) atoms. The van der Waals surface area contributed by atoms with Crippen molar-refractivity contribution in [1.29, 1.82) is 0 Å². The highest BCUT2D eigenvalue weighted by atomic mass is 16.5. The molecule has 0 saturated heterocycles. The van der Waals surface area contributed by atoms with Crippen LogP contribution in [0.25, 0.3) is 0 Å². The number of carbonyl (C=O) groups is 3. The lowest BCUT2D eigenvalue weighted by Crippen LogP contribution is -2.51. The number of aromatic amines is 1. The molecular weight excluding hydrogens is 340 g/mol. The SMILES string of the molecule is CC(NC(=O)C(Cc1cnc[nH]1)NC(=O)OCc1ccccc1)C(=O)O. The maximum Gasteiger partial charge on any atom is 0.408 e. The van der Waals surface area contributed by atoms with Gasteiger partial charge in [-0.2, -0.15) is 0 Å². The van der Waals surface area contributed by atoms with Crippen LogP contribution in [0.5, 0.6) is 0 Å². The summed E-state index contributed by atoms with van der Waals surface area (Å²) >= 11 is 0. The molecule has 1 heterocycles. The zero-order valence-electron chi connectivity index (χ0n) is 14.1. The van der Waals surface area contributed by atoms with Crippen LogP contribution in [0.15, 0.2) is 42.9 Å². The molecule has 0 spiro atoms. The second kappa shape index (κ2) is 9.21. The van der Waals surface area contributed by atoms with Crippen molar-refractivity contribution < 1.29 is 24.2 Å². The van der Waals surface area contributed by atoms with Gasteiger partial charge in [0.2, 0.25) is 5.91 Å². The Bertz CT molecular complexity index is 733. The summed E-state index contributed by atoms with van der Waals surface area (Å²) in [6.07, 6.45) is 2.28. The first-order valence-corrected chi connectivity index (χ1v) is 7.93. The van der Waals surface area contributed by atoms with Gasteiger partial charge >= 0.3 is 12.1 Å². The van der Waals surface area contributed by atoms with Crippen LogP contribution in [0.4, 0.5) is 4.79 Å². The van der Waals surface area contributed by atoms with E-state index in [1.165, 1.54) is 19.4 Å². The molecule has 0 aliphatic rings. The molecule has 1 aromatic carbocycles. The molecule has 0 radical (unpaired) electrons. The number of benzene rings is 1. The highest BCUT2D eigenvalue weighted by Crippen LogP contribution is 2.03. The van der Waals surface area contributed by atoms with Crippen molar-refractivity contribution in [3.8, 4) is 0 Å². The number of hydrogen-bond donors (Lipinski definition) is 4. The molecule has 0 saturated carbocycles. The predicted molar refractivity (Wildman–Crippen MR) is 91.1 cm³/mol. The number of nitrogens with one attached hydrogen (secondary N) is 3. The lowest BCUT2D eigenvalue weighted by Gasteiger charge is -2.19. The monoisotopic (exact) mass is 360 g/mol. The van der Waals surface area contributed by atoms with E-state index in [2.05, 4.69) is 20.6 Å². The number of carbonyl (C=O) groups excluding carboxylic acids is 2. The van der Waals surface area contributed by atoms with Gasteiger partial charge in [0.1, 0.15) is 18.7 Å². The number of hydrogen-bond acceptors (Lipinski definition) is 5. The van der Waals surface area contributed by atoms with Crippen LogP contribution < -0.4 is 10.6 Å². The van der Waals surface area contributed by atoms with E-state index in [9.17, 15) is 14.4 Å². The van der Waals surface area contributed by atoms with Crippen molar-refractivity contribution in [2.75, 3.05) is 0 Å². The number of H-pyrrole nitrogens is 1. The first-order valence-electron chi connectivity index (χ1n) is 7.93. The Morgan fingerprint density at radius 2 is 1.96 bits per heavy atom. The lowest BCUT2D eigenvalue weighted by atomic mass is 10.1. The van der Waals surface area contributed by atoms with Crippen molar-refractivity contribution in [3.05, 3.63) is 54.1 Å². The van der Waals surface area contributed by atoms with Crippen LogP contribution in [0, 0.1) is 0 Å². The molecule has 0 fully saturated rings. The third-order valence-corrected chi connectivity index (χ3v) is 3.53. The van der Waals surface area contributed by atoms with Crippen LogP contribution in [0.1, 0.15) is 18.2 Å². The molecule has 2 aromatic rings. The van der Waals surface area contributed by atoms with Crippen LogP contribution in [0.3, 0.4) is 0 Å². The molecular formula is C17H20N4O5. The average molecular weight is 360 g/mol. The van der Waals surface area contributed by atoms with Gasteiger partial charge in [-0.05, 0) is 12.5 Å². The zero-order chi connectivity index (χ0) is 18.9. The Hall–Kier alpha value is -3.36. The Morgan fingerprint density at radius 1 is 1.23 bits per heavy atom. The molecule has 0 aliphatic heterocycles. The molecule has 9 nitrogen and oxygen atoms in total. The molecule has 9 heteroatoms. The second-order valence-electron chi connectivity index (χ2n) is 5.61. The Balaban J connectivity index is 1.97. The number of aliphatic carboxylic acids is 1. The van der Waals surface area contributed by atoms with Crippen LogP contribution in [-0.4, -0.2) is 45.1 Å². The van der Waals surface area contributed by atoms with E-state index in [-0.39, 0.29) is 13.0 Å². The fraction of sp³-hybridized carbons (Fsp3) is 0.294. The maximum atomic E-state index is 12.3. The van der Waals surface area contributed by atoms with Crippen LogP contribution in [-0.2, 0) is 27.4 Å². The summed E-state index contributed by atoms with van der Waals surface area (Å²) in [5.41, 5.74) is 1.41. The number of rotatable bonds is 8. The number of nitrogens with zero attached hydrogens (tertiary/aromatic N) is 1. The number of alkyl carbamates (subject to hydrolysis) is 1. The van der Waals surface area contributed by atoms with Gasteiger partial charge in [-0.1, -0.05) is 30.3 Å². The summed E-state index contributed by atoms with van der Waals surface area (Å²) in [5.74, 6) is -1.81. The first-order chi connectivity index (χ1) is 12.5. The van der Waals surface area contributed by atoms with E-state index in [0.717, 1.165) is 5.56 Å². The minimum Gasteiger partial charge on any atom is -0.480 e. The van der Waals surface area contributed by atoms with E-state index in [1.54, 1.807) is 12.1 Å². The fourth-order valence-corrected chi connectivity index (χ4v) is 2.11. The number of carboxylic acid groups (broad SMARTS) is 1. The van der Waals surface area contributed by atoms with Gasteiger partial charge in [0.15, 0.2) is 0 Å². The van der Waals surface area contributed by atoms with Gasteiger partial charge in [0, 0.05) is 18.3 Å². The zero-order valence-corrected chi connectivity index (χ0v) is 14.1. The first kappa shape index (κ1) is 19.0. The van der Waals surface area contributed by atoms with Gasteiger partial charge in [0.25, 0.3) is 0 Å². The summed E-state index contributed by atoms with van der Waals surface area (Å²) < 4.78 is 5.11. The molecule has 138 valence electrons. The van der Waals surface area contributed by atoms with Crippen LogP contribution in [0.2, 0.25) is 0 Å². The fourth-order valence-electron chi connectivity index (χ4n) is 2.11. The molecule has 1 aromatic heterocycles. The van der Waals surface area contributed by atoms with E-state index in [1.807, 2.05) is 18.2 Å². The number of aromatic nitrogens is 2. The van der Waals surface area contributed by atoms with E-state index in [0.29, 0.717) is 5.69 Å². The van der Waals surface area contributed by atoms with Gasteiger partial charge in [0.05, 0.1) is 6.33 Å². The Kier molecular flexibility index (Phi) is 6.72. The normalized spacial score (nSPS) is 12.7. The van der Waals surface area contributed by atoms with Gasteiger partial charge in [-0.25, -0.2) is 9.78 Å². The summed E-state index contributed by atoms with van der Waals surface area (Å²) in [6, 6.07) is 6.98. The van der Waals surface area contributed by atoms with Gasteiger partial charge in [-0.15, -0.1) is 0 Å². The second-order valence-corrected chi connectivity index (χ2v) is 5.61. The summed E-state index contributed by atoms with van der Waals surface area (Å²) in [6.45, 7) is 1.39.